The van der Waals surface area contributed by atoms with Gasteiger partial charge in [-0.1, -0.05) is 48.5 Å². The molecule has 0 saturated carbocycles. The lowest BCUT2D eigenvalue weighted by atomic mass is 9.78. The number of fused-ring (bicyclic) bond motifs is 1. The zero-order chi connectivity index (χ0) is 15.8. The molecule has 0 N–H and O–H groups in total. The number of ketones is 1. The van der Waals surface area contributed by atoms with Crippen LogP contribution in [-0.4, -0.2) is 17.2 Å². The van der Waals surface area contributed by atoms with Gasteiger partial charge in [0.15, 0.2) is 5.78 Å². The molecule has 2 heteroatoms. The molecule has 0 bridgehead atoms. The third-order valence-corrected chi connectivity index (χ3v) is 5.04. The molecule has 116 valence electrons. The predicted octanol–water partition coefficient (Wildman–Crippen LogP) is 4.78. The van der Waals surface area contributed by atoms with Crippen LogP contribution in [0.1, 0.15) is 37.7 Å². The van der Waals surface area contributed by atoms with E-state index < -0.39 is 0 Å². The maximum atomic E-state index is 12.7. The summed E-state index contributed by atoms with van der Waals surface area (Å²) in [5.74, 6) is 0.415. The van der Waals surface area contributed by atoms with Gasteiger partial charge in [0.2, 0.25) is 0 Å². The van der Waals surface area contributed by atoms with Crippen LogP contribution in [0.2, 0.25) is 0 Å². The first-order valence-corrected chi connectivity index (χ1v) is 8.48. The Labute approximate surface area is 137 Å². The normalized spacial score (nSPS) is 21.0. The van der Waals surface area contributed by atoms with Crippen molar-refractivity contribution >= 4 is 16.6 Å². The fourth-order valence-corrected chi connectivity index (χ4v) is 3.95. The Bertz CT molecular complexity index is 825. The highest BCUT2D eigenvalue weighted by molar-refractivity contribution is 6.00. The van der Waals surface area contributed by atoms with Crippen LogP contribution in [0, 0.1) is 0 Å². The van der Waals surface area contributed by atoms with E-state index in [0.717, 1.165) is 25.0 Å². The van der Waals surface area contributed by atoms with E-state index in [-0.39, 0.29) is 5.92 Å². The first-order valence-electron chi connectivity index (χ1n) is 8.48. The molecule has 0 amide bonds. The molecule has 0 aromatic heterocycles. The van der Waals surface area contributed by atoms with Gasteiger partial charge in [0, 0.05) is 36.4 Å². The molecule has 0 saturated heterocycles. The molecule has 0 spiro atoms. The molecule has 2 aromatic rings. The van der Waals surface area contributed by atoms with Gasteiger partial charge in [-0.2, -0.15) is 0 Å². The van der Waals surface area contributed by atoms with Gasteiger partial charge >= 0.3 is 0 Å². The van der Waals surface area contributed by atoms with Crippen molar-refractivity contribution in [1.29, 1.82) is 0 Å². The molecule has 1 aliphatic heterocycles. The maximum absolute atomic E-state index is 12.7. The lowest BCUT2D eigenvalue weighted by Gasteiger charge is -2.35. The van der Waals surface area contributed by atoms with Crippen molar-refractivity contribution in [3.8, 4) is 0 Å². The third kappa shape index (κ3) is 2.29. The second-order valence-electron chi connectivity index (χ2n) is 6.31. The molecule has 1 aliphatic carbocycles. The Morgan fingerprint density at radius 2 is 1.91 bits per heavy atom. The molecular formula is C21H21NO. The Balaban J connectivity index is 1.90. The average molecular weight is 303 g/mol. The van der Waals surface area contributed by atoms with Crippen LogP contribution in [0.15, 0.2) is 66.0 Å². The van der Waals surface area contributed by atoms with E-state index in [2.05, 4.69) is 66.6 Å². The Morgan fingerprint density at radius 1 is 1.09 bits per heavy atom. The number of carbonyl (C=O) groups excluding carboxylic acids is 1. The van der Waals surface area contributed by atoms with Crippen LogP contribution in [0.3, 0.4) is 0 Å². The number of hydrogen-bond acceptors (Lipinski definition) is 2. The standard InChI is InChI=1S/C21H21NO/c1-2-22-14-13-18(21-19(22)11-6-12-20(21)23)17-10-5-8-15-7-3-4-9-16(15)17/h3-5,7-10,13-14,18H,2,6,11-12H2,1H3. The zero-order valence-corrected chi connectivity index (χ0v) is 13.5. The largest absolute Gasteiger partial charge is 0.352 e. The topological polar surface area (TPSA) is 20.3 Å². The number of allylic oxidation sites excluding steroid dienone is 3. The van der Waals surface area contributed by atoms with Crippen LogP contribution in [-0.2, 0) is 4.79 Å². The lowest BCUT2D eigenvalue weighted by Crippen LogP contribution is -2.29. The van der Waals surface area contributed by atoms with Crippen molar-refractivity contribution in [3.05, 3.63) is 71.6 Å². The highest BCUT2D eigenvalue weighted by atomic mass is 16.1. The van der Waals surface area contributed by atoms with Crippen LogP contribution in [0.4, 0.5) is 0 Å². The fraction of sp³-hybridized carbons (Fsp3) is 0.286. The van der Waals surface area contributed by atoms with E-state index in [1.54, 1.807) is 0 Å². The van der Waals surface area contributed by atoms with Crippen LogP contribution in [0.25, 0.3) is 10.8 Å². The van der Waals surface area contributed by atoms with Crippen molar-refractivity contribution in [1.82, 2.24) is 4.90 Å². The SMILES string of the molecule is CCN1C=CC(c2cccc3ccccc23)C2=C1CCCC2=O. The van der Waals surface area contributed by atoms with E-state index in [1.165, 1.54) is 22.0 Å². The maximum Gasteiger partial charge on any atom is 0.161 e. The van der Waals surface area contributed by atoms with Crippen LogP contribution < -0.4 is 0 Å². The second-order valence-corrected chi connectivity index (χ2v) is 6.31. The van der Waals surface area contributed by atoms with Gasteiger partial charge in [0.05, 0.1) is 0 Å². The minimum Gasteiger partial charge on any atom is -0.352 e. The van der Waals surface area contributed by atoms with Crippen molar-refractivity contribution < 1.29 is 4.79 Å². The van der Waals surface area contributed by atoms with Crippen molar-refractivity contribution in [2.24, 2.45) is 0 Å². The average Bonchev–Trinajstić information content (AvgIpc) is 2.61. The minimum absolute atomic E-state index is 0.0895. The molecule has 0 fully saturated rings. The lowest BCUT2D eigenvalue weighted by molar-refractivity contribution is -0.116. The molecule has 2 aliphatic rings. The number of hydrogen-bond donors (Lipinski definition) is 0. The minimum atomic E-state index is 0.0895. The van der Waals surface area contributed by atoms with Gasteiger partial charge < -0.3 is 4.90 Å². The van der Waals surface area contributed by atoms with Crippen molar-refractivity contribution in [2.75, 3.05) is 6.54 Å². The van der Waals surface area contributed by atoms with Gasteiger partial charge in [0.25, 0.3) is 0 Å². The Kier molecular flexibility index (Phi) is 3.53. The molecular weight excluding hydrogens is 282 g/mol. The highest BCUT2D eigenvalue weighted by Crippen LogP contribution is 2.41. The quantitative estimate of drug-likeness (QED) is 0.795. The van der Waals surface area contributed by atoms with Gasteiger partial charge in [0.1, 0.15) is 0 Å². The van der Waals surface area contributed by atoms with Gasteiger partial charge in [-0.3, -0.25) is 4.79 Å². The second kappa shape index (κ2) is 5.69. The van der Waals surface area contributed by atoms with E-state index in [0.29, 0.717) is 12.2 Å². The molecule has 1 heterocycles. The van der Waals surface area contributed by atoms with Gasteiger partial charge in [-0.25, -0.2) is 0 Å². The summed E-state index contributed by atoms with van der Waals surface area (Å²) in [5, 5.41) is 2.49. The summed E-state index contributed by atoms with van der Waals surface area (Å²) in [6, 6.07) is 14.9. The summed E-state index contributed by atoms with van der Waals surface area (Å²) in [6.45, 7) is 3.07. The van der Waals surface area contributed by atoms with E-state index >= 15 is 0 Å². The van der Waals surface area contributed by atoms with Gasteiger partial charge in [-0.15, -0.1) is 0 Å². The molecule has 2 aromatic carbocycles. The Morgan fingerprint density at radius 3 is 2.78 bits per heavy atom. The van der Waals surface area contributed by atoms with Gasteiger partial charge in [-0.05, 0) is 36.1 Å². The number of rotatable bonds is 2. The molecule has 4 rings (SSSR count). The third-order valence-electron chi connectivity index (χ3n) is 5.04. The molecule has 1 unspecified atom stereocenters. The van der Waals surface area contributed by atoms with Crippen molar-refractivity contribution in [3.63, 3.8) is 0 Å². The molecule has 2 nitrogen and oxygen atoms in total. The van der Waals surface area contributed by atoms with E-state index in [9.17, 15) is 4.79 Å². The molecule has 1 atom stereocenters. The summed E-state index contributed by atoms with van der Waals surface area (Å²) >= 11 is 0. The van der Waals surface area contributed by atoms with Crippen molar-refractivity contribution in [2.45, 2.75) is 32.1 Å². The summed E-state index contributed by atoms with van der Waals surface area (Å²) in [5.41, 5.74) is 3.51. The Hall–Kier alpha value is -2.35. The predicted molar refractivity (Wildman–Crippen MR) is 94.1 cm³/mol. The number of benzene rings is 2. The van der Waals surface area contributed by atoms with Crippen LogP contribution in [0.5, 0.6) is 0 Å². The highest BCUT2D eigenvalue weighted by Gasteiger charge is 2.32. The number of carbonyl (C=O) groups is 1. The summed E-state index contributed by atoms with van der Waals surface area (Å²) < 4.78 is 0. The fourth-order valence-electron chi connectivity index (χ4n) is 3.95. The van der Waals surface area contributed by atoms with Crippen LogP contribution >= 0.6 is 0 Å². The number of nitrogens with zero attached hydrogens (tertiary/aromatic N) is 1. The molecule has 0 radical (unpaired) electrons. The van der Waals surface area contributed by atoms with E-state index in [4.69, 9.17) is 0 Å². The monoisotopic (exact) mass is 303 g/mol. The first-order chi connectivity index (χ1) is 11.3. The summed E-state index contributed by atoms with van der Waals surface area (Å²) in [6.07, 6.45) is 7.05. The smallest absolute Gasteiger partial charge is 0.161 e. The first kappa shape index (κ1) is 14.3. The zero-order valence-electron chi connectivity index (χ0n) is 13.5. The number of Topliss-reactive ketones (excluding diaryl/α,β-unsaturated/α-hetero) is 1. The van der Waals surface area contributed by atoms with E-state index in [1.807, 2.05) is 0 Å². The summed E-state index contributed by atoms with van der Waals surface area (Å²) in [4.78, 5) is 14.9. The molecule has 23 heavy (non-hydrogen) atoms. The summed E-state index contributed by atoms with van der Waals surface area (Å²) in [7, 11) is 0.